The summed E-state index contributed by atoms with van der Waals surface area (Å²) < 4.78 is 0. The Morgan fingerprint density at radius 2 is 2.21 bits per heavy atom. The molecule has 0 radical (unpaired) electrons. The molecular weight excluding hydrogens is 182 g/mol. The van der Waals surface area contributed by atoms with Gasteiger partial charge >= 0.3 is 5.97 Å². The Hall–Kier alpha value is -1.58. The molecule has 0 unspecified atom stereocenters. The van der Waals surface area contributed by atoms with Crippen LogP contribution in [0.3, 0.4) is 0 Å². The first-order valence-corrected chi connectivity index (χ1v) is 4.58. The average molecular weight is 195 g/mol. The number of aromatic nitrogens is 1. The summed E-state index contributed by atoms with van der Waals surface area (Å²) in [6.45, 7) is 0. The van der Waals surface area contributed by atoms with Crippen molar-refractivity contribution >= 4 is 5.97 Å². The normalized spacial score (nSPS) is 10.0. The Morgan fingerprint density at radius 1 is 1.43 bits per heavy atom. The summed E-state index contributed by atoms with van der Waals surface area (Å²) in [7, 11) is 0. The summed E-state index contributed by atoms with van der Waals surface area (Å²) in [5.41, 5.74) is 0.640. The monoisotopic (exact) mass is 195 g/mol. The van der Waals surface area contributed by atoms with Crippen molar-refractivity contribution in [3.05, 3.63) is 34.2 Å². The van der Waals surface area contributed by atoms with E-state index in [0.717, 1.165) is 12.0 Å². The second kappa shape index (κ2) is 5.21. The summed E-state index contributed by atoms with van der Waals surface area (Å²) in [6, 6.07) is 3.54. The third kappa shape index (κ3) is 3.43. The molecule has 14 heavy (non-hydrogen) atoms. The number of aryl methyl sites for hydroxylation is 1. The number of aliphatic carboxylic acids is 1. The molecule has 1 rings (SSSR count). The minimum atomic E-state index is -0.785. The molecule has 0 atom stereocenters. The molecule has 0 bridgehead atoms. The molecule has 1 aromatic rings. The fourth-order valence-corrected chi connectivity index (χ4v) is 1.24. The number of pyridine rings is 1. The van der Waals surface area contributed by atoms with Gasteiger partial charge in [-0.3, -0.25) is 9.59 Å². The molecule has 4 heteroatoms. The van der Waals surface area contributed by atoms with Crippen LogP contribution < -0.4 is 5.56 Å². The zero-order chi connectivity index (χ0) is 10.4. The van der Waals surface area contributed by atoms with Gasteiger partial charge in [-0.1, -0.05) is 6.07 Å². The third-order valence-electron chi connectivity index (χ3n) is 1.99. The van der Waals surface area contributed by atoms with E-state index in [4.69, 9.17) is 5.11 Å². The molecule has 0 amide bonds. The van der Waals surface area contributed by atoms with Crippen LogP contribution in [-0.4, -0.2) is 16.1 Å². The van der Waals surface area contributed by atoms with E-state index in [9.17, 15) is 9.59 Å². The Morgan fingerprint density at radius 3 is 2.86 bits per heavy atom. The Labute approximate surface area is 81.6 Å². The number of nitrogens with one attached hydrogen (secondary N) is 1. The summed E-state index contributed by atoms with van der Waals surface area (Å²) in [5.74, 6) is -0.785. The molecule has 1 aromatic heterocycles. The van der Waals surface area contributed by atoms with Crippen molar-refractivity contribution in [1.82, 2.24) is 4.98 Å². The maximum atomic E-state index is 11.2. The smallest absolute Gasteiger partial charge is 0.303 e. The van der Waals surface area contributed by atoms with Crippen molar-refractivity contribution in [3.63, 3.8) is 0 Å². The lowest BCUT2D eigenvalue weighted by Crippen LogP contribution is -2.10. The van der Waals surface area contributed by atoms with Crippen LogP contribution in [0, 0.1) is 0 Å². The van der Waals surface area contributed by atoms with Crippen LogP contribution in [0.1, 0.15) is 24.8 Å². The molecule has 0 aromatic carbocycles. The van der Waals surface area contributed by atoms with Crippen LogP contribution in [0.25, 0.3) is 0 Å². The van der Waals surface area contributed by atoms with Crippen molar-refractivity contribution < 1.29 is 9.90 Å². The van der Waals surface area contributed by atoms with E-state index >= 15 is 0 Å². The van der Waals surface area contributed by atoms with E-state index in [-0.39, 0.29) is 12.0 Å². The van der Waals surface area contributed by atoms with Gasteiger partial charge in [-0.05, 0) is 25.3 Å². The van der Waals surface area contributed by atoms with Gasteiger partial charge in [-0.25, -0.2) is 0 Å². The molecule has 76 valence electrons. The van der Waals surface area contributed by atoms with Crippen molar-refractivity contribution in [2.45, 2.75) is 25.7 Å². The van der Waals surface area contributed by atoms with Gasteiger partial charge < -0.3 is 10.1 Å². The summed E-state index contributed by atoms with van der Waals surface area (Å²) in [6.07, 6.45) is 3.75. The Kier molecular flexibility index (Phi) is 3.91. The van der Waals surface area contributed by atoms with E-state index in [0.29, 0.717) is 12.8 Å². The zero-order valence-electron chi connectivity index (χ0n) is 7.82. The molecule has 0 fully saturated rings. The highest BCUT2D eigenvalue weighted by atomic mass is 16.4. The summed E-state index contributed by atoms with van der Waals surface area (Å²) in [4.78, 5) is 24.0. The van der Waals surface area contributed by atoms with Gasteiger partial charge in [0.05, 0.1) is 0 Å². The summed E-state index contributed by atoms with van der Waals surface area (Å²) in [5, 5.41) is 8.40. The van der Waals surface area contributed by atoms with E-state index in [1.54, 1.807) is 18.3 Å². The van der Waals surface area contributed by atoms with Gasteiger partial charge in [0.15, 0.2) is 0 Å². The topological polar surface area (TPSA) is 70.2 Å². The van der Waals surface area contributed by atoms with Crippen LogP contribution in [0.15, 0.2) is 23.1 Å². The number of aromatic amines is 1. The second-order valence-electron chi connectivity index (χ2n) is 3.13. The van der Waals surface area contributed by atoms with Crippen LogP contribution in [0.5, 0.6) is 0 Å². The summed E-state index contributed by atoms with van der Waals surface area (Å²) >= 11 is 0. The van der Waals surface area contributed by atoms with Crippen LogP contribution >= 0.6 is 0 Å². The molecule has 0 aliphatic heterocycles. The first-order valence-electron chi connectivity index (χ1n) is 4.58. The van der Waals surface area contributed by atoms with Crippen molar-refractivity contribution in [2.24, 2.45) is 0 Å². The second-order valence-corrected chi connectivity index (χ2v) is 3.13. The average Bonchev–Trinajstić information content (AvgIpc) is 2.15. The maximum Gasteiger partial charge on any atom is 0.303 e. The molecule has 1 heterocycles. The fourth-order valence-electron chi connectivity index (χ4n) is 1.24. The number of carbonyl (C=O) groups is 1. The van der Waals surface area contributed by atoms with Gasteiger partial charge in [0.25, 0.3) is 5.56 Å². The van der Waals surface area contributed by atoms with Gasteiger partial charge in [0.1, 0.15) is 0 Å². The minimum Gasteiger partial charge on any atom is -0.481 e. The molecule has 0 saturated heterocycles. The number of hydrogen-bond donors (Lipinski definition) is 2. The molecule has 4 nitrogen and oxygen atoms in total. The minimum absolute atomic E-state index is 0.0807. The number of H-pyrrole nitrogens is 1. The number of carboxylic acids is 1. The molecule has 0 saturated carbocycles. The maximum absolute atomic E-state index is 11.2. The molecule has 2 N–H and O–H groups in total. The SMILES string of the molecule is O=C(O)CCCCc1ccc[nH]c1=O. The van der Waals surface area contributed by atoms with E-state index in [2.05, 4.69) is 4.98 Å². The quantitative estimate of drug-likeness (QED) is 0.693. The predicted octanol–water partition coefficient (Wildman–Crippen LogP) is 1.17. The van der Waals surface area contributed by atoms with Crippen LogP contribution in [0.4, 0.5) is 0 Å². The Balaban J connectivity index is 2.35. The van der Waals surface area contributed by atoms with Crippen molar-refractivity contribution in [1.29, 1.82) is 0 Å². The van der Waals surface area contributed by atoms with Gasteiger partial charge in [0, 0.05) is 18.2 Å². The lowest BCUT2D eigenvalue weighted by Gasteiger charge is -1.98. The molecule has 0 spiro atoms. The van der Waals surface area contributed by atoms with Gasteiger partial charge in [-0.2, -0.15) is 0 Å². The molecule has 0 aliphatic carbocycles. The van der Waals surface area contributed by atoms with E-state index < -0.39 is 5.97 Å². The largest absolute Gasteiger partial charge is 0.481 e. The lowest BCUT2D eigenvalue weighted by molar-refractivity contribution is -0.137. The highest BCUT2D eigenvalue weighted by molar-refractivity contribution is 5.66. The third-order valence-corrected chi connectivity index (χ3v) is 1.99. The van der Waals surface area contributed by atoms with Gasteiger partial charge in [-0.15, -0.1) is 0 Å². The molecule has 0 aliphatic rings. The lowest BCUT2D eigenvalue weighted by atomic mass is 10.1. The Bertz CT molecular complexity index is 356. The number of rotatable bonds is 5. The van der Waals surface area contributed by atoms with E-state index in [1.807, 2.05) is 0 Å². The van der Waals surface area contributed by atoms with Crippen LogP contribution in [0.2, 0.25) is 0 Å². The first-order chi connectivity index (χ1) is 6.70. The highest BCUT2D eigenvalue weighted by Gasteiger charge is 2.00. The number of hydrogen-bond acceptors (Lipinski definition) is 2. The van der Waals surface area contributed by atoms with E-state index in [1.165, 1.54) is 0 Å². The highest BCUT2D eigenvalue weighted by Crippen LogP contribution is 2.01. The zero-order valence-corrected chi connectivity index (χ0v) is 7.82. The first kappa shape index (κ1) is 10.5. The fraction of sp³-hybridized carbons (Fsp3) is 0.400. The molecular formula is C10H13NO3. The van der Waals surface area contributed by atoms with Gasteiger partial charge in [0.2, 0.25) is 0 Å². The standard InChI is InChI=1S/C10H13NO3/c12-9(13)6-2-1-4-8-5-3-7-11-10(8)14/h3,5,7H,1-2,4,6H2,(H,11,14)(H,12,13). The number of unbranched alkanes of at least 4 members (excludes halogenated alkanes) is 1. The van der Waals surface area contributed by atoms with Crippen molar-refractivity contribution in [3.8, 4) is 0 Å². The van der Waals surface area contributed by atoms with Crippen LogP contribution in [-0.2, 0) is 11.2 Å². The predicted molar refractivity (Wildman–Crippen MR) is 52.3 cm³/mol. The number of carboxylic acid groups (broad SMARTS) is 1. The van der Waals surface area contributed by atoms with Crippen molar-refractivity contribution in [2.75, 3.05) is 0 Å².